The SMILES string of the molecule is Cn1cc(CNCC2(O)CCCC2)c(-c2ccc([N+](=O)[O-])cc2)n1. The molecule has 0 spiro atoms. The highest BCUT2D eigenvalue weighted by Crippen LogP contribution is 2.29. The van der Waals surface area contributed by atoms with Gasteiger partial charge in [-0.15, -0.1) is 0 Å². The van der Waals surface area contributed by atoms with Gasteiger partial charge in [-0.05, 0) is 25.0 Å². The van der Waals surface area contributed by atoms with Gasteiger partial charge in [-0.1, -0.05) is 12.8 Å². The maximum atomic E-state index is 10.8. The lowest BCUT2D eigenvalue weighted by atomic mass is 10.0. The van der Waals surface area contributed by atoms with Gasteiger partial charge < -0.3 is 10.4 Å². The van der Waals surface area contributed by atoms with E-state index in [-0.39, 0.29) is 5.69 Å². The van der Waals surface area contributed by atoms with Gasteiger partial charge in [-0.2, -0.15) is 5.10 Å². The number of benzene rings is 1. The van der Waals surface area contributed by atoms with Crippen molar-refractivity contribution in [1.82, 2.24) is 15.1 Å². The van der Waals surface area contributed by atoms with E-state index in [0.29, 0.717) is 13.1 Å². The van der Waals surface area contributed by atoms with E-state index in [9.17, 15) is 15.2 Å². The van der Waals surface area contributed by atoms with Gasteiger partial charge >= 0.3 is 0 Å². The van der Waals surface area contributed by atoms with Crippen LogP contribution in [0.5, 0.6) is 0 Å². The lowest BCUT2D eigenvalue weighted by Gasteiger charge is -2.22. The van der Waals surface area contributed by atoms with Crippen LogP contribution in [0.2, 0.25) is 0 Å². The van der Waals surface area contributed by atoms with Crippen LogP contribution in [-0.2, 0) is 13.6 Å². The molecule has 2 aromatic rings. The molecule has 3 rings (SSSR count). The fourth-order valence-electron chi connectivity index (χ4n) is 3.29. The van der Waals surface area contributed by atoms with E-state index in [0.717, 1.165) is 42.5 Å². The number of aromatic nitrogens is 2. The second-order valence-corrected chi connectivity index (χ2v) is 6.52. The third-order valence-electron chi connectivity index (χ3n) is 4.56. The molecule has 1 saturated carbocycles. The van der Waals surface area contributed by atoms with E-state index in [4.69, 9.17) is 0 Å². The van der Waals surface area contributed by atoms with Crippen molar-refractivity contribution < 1.29 is 10.0 Å². The minimum absolute atomic E-state index is 0.0674. The van der Waals surface area contributed by atoms with Crippen molar-refractivity contribution in [3.8, 4) is 11.3 Å². The van der Waals surface area contributed by atoms with Crippen molar-refractivity contribution in [3.05, 3.63) is 46.1 Å². The van der Waals surface area contributed by atoms with Crippen molar-refractivity contribution in [2.75, 3.05) is 6.54 Å². The maximum absolute atomic E-state index is 10.8. The van der Waals surface area contributed by atoms with Gasteiger partial charge in [-0.25, -0.2) is 0 Å². The molecular weight excluding hydrogens is 308 g/mol. The van der Waals surface area contributed by atoms with Gasteiger partial charge in [0.05, 0.1) is 16.2 Å². The average molecular weight is 330 g/mol. The highest BCUT2D eigenvalue weighted by Gasteiger charge is 2.30. The fraction of sp³-hybridized carbons (Fsp3) is 0.471. The Labute approximate surface area is 140 Å². The second kappa shape index (κ2) is 6.70. The first-order valence-corrected chi connectivity index (χ1v) is 8.17. The van der Waals surface area contributed by atoms with E-state index in [2.05, 4.69) is 10.4 Å². The van der Waals surface area contributed by atoms with Crippen LogP contribution in [0.25, 0.3) is 11.3 Å². The summed E-state index contributed by atoms with van der Waals surface area (Å²) in [4.78, 5) is 10.4. The molecule has 7 heteroatoms. The number of hydrogen-bond acceptors (Lipinski definition) is 5. The number of hydrogen-bond donors (Lipinski definition) is 2. The number of nitrogens with one attached hydrogen (secondary N) is 1. The molecule has 2 N–H and O–H groups in total. The van der Waals surface area contributed by atoms with Crippen molar-refractivity contribution >= 4 is 5.69 Å². The topological polar surface area (TPSA) is 93.2 Å². The fourth-order valence-corrected chi connectivity index (χ4v) is 3.29. The molecule has 0 unspecified atom stereocenters. The monoisotopic (exact) mass is 330 g/mol. The van der Waals surface area contributed by atoms with E-state index in [1.807, 2.05) is 13.2 Å². The van der Waals surface area contributed by atoms with Crippen molar-refractivity contribution in [2.24, 2.45) is 7.05 Å². The first-order chi connectivity index (χ1) is 11.5. The first-order valence-electron chi connectivity index (χ1n) is 8.17. The Kier molecular flexibility index (Phi) is 4.64. The number of non-ortho nitro benzene ring substituents is 1. The summed E-state index contributed by atoms with van der Waals surface area (Å²) in [6.45, 7) is 1.17. The molecule has 128 valence electrons. The summed E-state index contributed by atoms with van der Waals surface area (Å²) in [6, 6.07) is 6.41. The summed E-state index contributed by atoms with van der Waals surface area (Å²) in [6.07, 6.45) is 5.80. The molecule has 0 aliphatic heterocycles. The zero-order chi connectivity index (χ0) is 17.2. The molecule has 1 aromatic heterocycles. The van der Waals surface area contributed by atoms with Crippen LogP contribution in [-0.4, -0.2) is 32.0 Å². The van der Waals surface area contributed by atoms with Crippen LogP contribution in [0, 0.1) is 10.1 Å². The van der Waals surface area contributed by atoms with Gasteiger partial charge in [0.15, 0.2) is 0 Å². The lowest BCUT2D eigenvalue weighted by molar-refractivity contribution is -0.384. The lowest BCUT2D eigenvalue weighted by Crippen LogP contribution is -2.37. The molecule has 1 heterocycles. The van der Waals surface area contributed by atoms with Crippen LogP contribution in [0.1, 0.15) is 31.2 Å². The summed E-state index contributed by atoms with van der Waals surface area (Å²) in [7, 11) is 1.85. The van der Waals surface area contributed by atoms with Crippen LogP contribution >= 0.6 is 0 Å². The number of nitro benzene ring substituents is 1. The van der Waals surface area contributed by atoms with Crippen LogP contribution in [0.15, 0.2) is 30.5 Å². The molecule has 0 radical (unpaired) electrons. The second-order valence-electron chi connectivity index (χ2n) is 6.52. The Morgan fingerprint density at radius 3 is 2.62 bits per heavy atom. The van der Waals surface area contributed by atoms with Crippen molar-refractivity contribution in [2.45, 2.75) is 37.8 Å². The Hall–Kier alpha value is -2.25. The highest BCUT2D eigenvalue weighted by molar-refractivity contribution is 5.64. The molecule has 1 fully saturated rings. The van der Waals surface area contributed by atoms with E-state index >= 15 is 0 Å². The van der Waals surface area contributed by atoms with Gasteiger partial charge in [0.2, 0.25) is 0 Å². The highest BCUT2D eigenvalue weighted by atomic mass is 16.6. The summed E-state index contributed by atoms with van der Waals surface area (Å²) in [5.74, 6) is 0. The number of aryl methyl sites for hydroxylation is 1. The first kappa shape index (κ1) is 16.6. The number of rotatable bonds is 6. The zero-order valence-electron chi connectivity index (χ0n) is 13.7. The standard InChI is InChI=1S/C17H22N4O3/c1-20-11-14(10-18-12-17(22)8-2-3-9-17)16(19-20)13-4-6-15(7-5-13)21(23)24/h4-7,11,18,22H,2-3,8-10,12H2,1H3. The van der Waals surface area contributed by atoms with Gasteiger partial charge in [0.25, 0.3) is 5.69 Å². The number of aliphatic hydroxyl groups is 1. The summed E-state index contributed by atoms with van der Waals surface area (Å²) >= 11 is 0. The van der Waals surface area contributed by atoms with E-state index < -0.39 is 10.5 Å². The number of nitrogens with zero attached hydrogens (tertiary/aromatic N) is 3. The van der Waals surface area contributed by atoms with Gasteiger partial charge in [0.1, 0.15) is 0 Å². The average Bonchev–Trinajstić information content (AvgIpc) is 3.14. The maximum Gasteiger partial charge on any atom is 0.269 e. The smallest absolute Gasteiger partial charge is 0.269 e. The Morgan fingerprint density at radius 2 is 2.00 bits per heavy atom. The molecule has 0 atom stereocenters. The Bertz CT molecular complexity index is 718. The molecule has 7 nitrogen and oxygen atoms in total. The zero-order valence-corrected chi connectivity index (χ0v) is 13.7. The molecule has 0 bridgehead atoms. The summed E-state index contributed by atoms with van der Waals surface area (Å²) in [5.41, 5.74) is 2.14. The molecule has 0 saturated heterocycles. The van der Waals surface area contributed by atoms with Crippen LogP contribution < -0.4 is 5.32 Å². The van der Waals surface area contributed by atoms with Crippen LogP contribution in [0.3, 0.4) is 0 Å². The summed E-state index contributed by atoms with van der Waals surface area (Å²) < 4.78 is 1.73. The Balaban J connectivity index is 1.71. The molecule has 1 aromatic carbocycles. The van der Waals surface area contributed by atoms with Gasteiger partial charge in [0, 0.05) is 49.6 Å². The Morgan fingerprint density at radius 1 is 1.33 bits per heavy atom. The van der Waals surface area contributed by atoms with Crippen molar-refractivity contribution in [1.29, 1.82) is 0 Å². The molecule has 1 aliphatic rings. The molecule has 1 aliphatic carbocycles. The molecule has 24 heavy (non-hydrogen) atoms. The number of nitro groups is 1. The van der Waals surface area contributed by atoms with Crippen LogP contribution in [0.4, 0.5) is 5.69 Å². The molecule has 0 amide bonds. The predicted octanol–water partition coefficient (Wildman–Crippen LogP) is 2.39. The van der Waals surface area contributed by atoms with E-state index in [1.165, 1.54) is 12.1 Å². The van der Waals surface area contributed by atoms with Crippen molar-refractivity contribution in [3.63, 3.8) is 0 Å². The third kappa shape index (κ3) is 3.63. The normalized spacial score (nSPS) is 16.4. The largest absolute Gasteiger partial charge is 0.389 e. The van der Waals surface area contributed by atoms with Gasteiger partial charge in [-0.3, -0.25) is 14.8 Å². The third-order valence-corrected chi connectivity index (χ3v) is 4.56. The summed E-state index contributed by atoms with van der Waals surface area (Å²) in [5, 5.41) is 29.0. The van der Waals surface area contributed by atoms with E-state index in [1.54, 1.807) is 16.8 Å². The minimum atomic E-state index is -0.588. The molecular formula is C17H22N4O3. The predicted molar refractivity (Wildman–Crippen MR) is 90.4 cm³/mol. The quantitative estimate of drug-likeness (QED) is 0.626. The minimum Gasteiger partial charge on any atom is -0.389 e.